The first-order valence-electron chi connectivity index (χ1n) is 9.78. The number of aryl methyl sites for hydroxylation is 1. The molecule has 2 aliphatic rings. The molecule has 4 rings (SSSR count). The van der Waals surface area contributed by atoms with Gasteiger partial charge in [-0.2, -0.15) is 0 Å². The second kappa shape index (κ2) is 7.35. The van der Waals surface area contributed by atoms with Crippen molar-refractivity contribution >= 4 is 5.91 Å². The Hall–Kier alpha value is -2.33. The number of likely N-dealkylation sites (tertiary alicyclic amines) is 2. The molecule has 2 saturated heterocycles. The molecular formula is C23H28N2O2. The van der Waals surface area contributed by atoms with Gasteiger partial charge in [-0.15, -0.1) is 0 Å². The van der Waals surface area contributed by atoms with E-state index in [1.165, 1.54) is 16.7 Å². The molecular weight excluding hydrogens is 336 g/mol. The molecule has 0 unspecified atom stereocenters. The number of benzene rings is 2. The molecule has 0 aromatic heterocycles. The van der Waals surface area contributed by atoms with Crippen LogP contribution in [0.4, 0.5) is 0 Å². The SMILES string of the molecule is COc1ccc(CN2CC[C@@]3(CCN(Cc4cccc(C)c4)C3=O)C2)cc1. The molecule has 2 aromatic carbocycles. The third kappa shape index (κ3) is 3.72. The van der Waals surface area contributed by atoms with E-state index < -0.39 is 0 Å². The largest absolute Gasteiger partial charge is 0.497 e. The van der Waals surface area contributed by atoms with E-state index in [1.807, 2.05) is 12.1 Å². The normalized spacial score (nSPS) is 22.7. The Balaban J connectivity index is 1.38. The van der Waals surface area contributed by atoms with E-state index in [0.29, 0.717) is 5.91 Å². The lowest BCUT2D eigenvalue weighted by Crippen LogP contribution is -2.36. The number of ether oxygens (including phenoxy) is 1. The molecule has 0 bridgehead atoms. The number of carbonyl (C=O) groups is 1. The molecule has 1 amide bonds. The van der Waals surface area contributed by atoms with Gasteiger partial charge in [-0.25, -0.2) is 0 Å². The molecule has 4 heteroatoms. The van der Waals surface area contributed by atoms with Gasteiger partial charge < -0.3 is 9.64 Å². The minimum atomic E-state index is -0.170. The maximum Gasteiger partial charge on any atom is 0.230 e. The molecule has 2 aliphatic heterocycles. The van der Waals surface area contributed by atoms with E-state index in [1.54, 1.807) is 7.11 Å². The lowest BCUT2D eigenvalue weighted by atomic mass is 9.85. The second-order valence-electron chi connectivity index (χ2n) is 8.05. The smallest absolute Gasteiger partial charge is 0.230 e. The average Bonchev–Trinajstić information content (AvgIpc) is 3.21. The molecule has 0 N–H and O–H groups in total. The van der Waals surface area contributed by atoms with E-state index in [2.05, 4.69) is 53.1 Å². The third-order valence-electron chi connectivity index (χ3n) is 6.06. The molecule has 0 saturated carbocycles. The van der Waals surface area contributed by atoms with Crippen LogP contribution < -0.4 is 4.74 Å². The molecule has 2 heterocycles. The standard InChI is InChI=1S/C23H28N2O2/c1-18-4-3-5-20(14-18)16-25-13-11-23(22(25)26)10-12-24(17-23)15-19-6-8-21(27-2)9-7-19/h3-9,14H,10-13,15-17H2,1-2H3/t23-/m1/s1. The first kappa shape index (κ1) is 18.1. The summed E-state index contributed by atoms with van der Waals surface area (Å²) >= 11 is 0. The van der Waals surface area contributed by atoms with Crippen LogP contribution in [-0.4, -0.2) is 42.5 Å². The first-order valence-corrected chi connectivity index (χ1v) is 9.78. The Morgan fingerprint density at radius 2 is 1.78 bits per heavy atom. The minimum absolute atomic E-state index is 0.170. The summed E-state index contributed by atoms with van der Waals surface area (Å²) in [4.78, 5) is 17.7. The summed E-state index contributed by atoms with van der Waals surface area (Å²) in [5.74, 6) is 1.23. The van der Waals surface area contributed by atoms with E-state index in [-0.39, 0.29) is 5.41 Å². The summed E-state index contributed by atoms with van der Waals surface area (Å²) in [6.07, 6.45) is 1.96. The van der Waals surface area contributed by atoms with Gasteiger partial charge in [-0.1, -0.05) is 42.0 Å². The number of hydrogen-bond donors (Lipinski definition) is 0. The number of amides is 1. The molecule has 1 spiro atoms. The monoisotopic (exact) mass is 364 g/mol. The van der Waals surface area contributed by atoms with E-state index in [9.17, 15) is 4.79 Å². The van der Waals surface area contributed by atoms with Gasteiger partial charge >= 0.3 is 0 Å². The summed E-state index contributed by atoms with van der Waals surface area (Å²) < 4.78 is 5.23. The van der Waals surface area contributed by atoms with Gasteiger partial charge in [0.25, 0.3) is 0 Å². The van der Waals surface area contributed by atoms with Gasteiger partial charge in [0, 0.05) is 26.2 Å². The Morgan fingerprint density at radius 3 is 2.52 bits per heavy atom. The number of hydrogen-bond acceptors (Lipinski definition) is 3. The topological polar surface area (TPSA) is 32.8 Å². The molecule has 0 aliphatic carbocycles. The zero-order chi connectivity index (χ0) is 18.9. The fourth-order valence-electron chi connectivity index (χ4n) is 4.54. The highest BCUT2D eigenvalue weighted by molar-refractivity contribution is 5.85. The van der Waals surface area contributed by atoms with Crippen molar-refractivity contribution in [1.29, 1.82) is 0 Å². The second-order valence-corrected chi connectivity index (χ2v) is 8.05. The lowest BCUT2D eigenvalue weighted by Gasteiger charge is -2.24. The average molecular weight is 364 g/mol. The van der Waals surface area contributed by atoms with E-state index >= 15 is 0 Å². The molecule has 4 nitrogen and oxygen atoms in total. The molecule has 142 valence electrons. The quantitative estimate of drug-likeness (QED) is 0.812. The summed E-state index contributed by atoms with van der Waals surface area (Å²) in [6, 6.07) is 16.7. The van der Waals surface area contributed by atoms with Crippen LogP contribution in [0.5, 0.6) is 5.75 Å². The van der Waals surface area contributed by atoms with Gasteiger partial charge in [0.2, 0.25) is 5.91 Å². The number of methoxy groups -OCH3 is 1. The van der Waals surface area contributed by atoms with E-state index in [0.717, 1.165) is 51.3 Å². The highest BCUT2D eigenvalue weighted by Gasteiger charge is 2.50. The number of rotatable bonds is 5. The zero-order valence-electron chi connectivity index (χ0n) is 16.3. The fraction of sp³-hybridized carbons (Fsp3) is 0.435. The maximum atomic E-state index is 13.2. The lowest BCUT2D eigenvalue weighted by molar-refractivity contribution is -0.136. The summed E-state index contributed by atoms with van der Waals surface area (Å²) in [7, 11) is 1.69. The molecule has 0 radical (unpaired) electrons. The molecule has 2 fully saturated rings. The van der Waals surface area contributed by atoms with Crippen molar-refractivity contribution in [3.05, 3.63) is 65.2 Å². The highest BCUT2D eigenvalue weighted by Crippen LogP contribution is 2.41. The highest BCUT2D eigenvalue weighted by atomic mass is 16.5. The van der Waals surface area contributed by atoms with Gasteiger partial charge in [0.05, 0.1) is 12.5 Å². The van der Waals surface area contributed by atoms with Crippen molar-refractivity contribution in [3.63, 3.8) is 0 Å². The Labute approximate surface area is 161 Å². The van der Waals surface area contributed by atoms with Crippen molar-refractivity contribution in [2.75, 3.05) is 26.7 Å². The van der Waals surface area contributed by atoms with Crippen LogP contribution in [0.1, 0.15) is 29.5 Å². The number of nitrogens with zero attached hydrogens (tertiary/aromatic N) is 2. The van der Waals surface area contributed by atoms with Crippen LogP contribution in [0.2, 0.25) is 0 Å². The predicted molar refractivity (Wildman–Crippen MR) is 107 cm³/mol. The summed E-state index contributed by atoms with van der Waals surface area (Å²) in [5, 5.41) is 0. The Kier molecular flexibility index (Phi) is 4.92. The Bertz CT molecular complexity index is 817. The van der Waals surface area contributed by atoms with Crippen molar-refractivity contribution < 1.29 is 9.53 Å². The summed E-state index contributed by atoms with van der Waals surface area (Å²) in [6.45, 7) is 6.49. The van der Waals surface area contributed by atoms with Crippen LogP contribution >= 0.6 is 0 Å². The van der Waals surface area contributed by atoms with Crippen molar-refractivity contribution in [1.82, 2.24) is 9.80 Å². The van der Waals surface area contributed by atoms with Crippen LogP contribution in [0.3, 0.4) is 0 Å². The van der Waals surface area contributed by atoms with Gasteiger partial charge in [-0.05, 0) is 49.6 Å². The summed E-state index contributed by atoms with van der Waals surface area (Å²) in [5.41, 5.74) is 3.58. The van der Waals surface area contributed by atoms with E-state index in [4.69, 9.17) is 4.74 Å². The van der Waals surface area contributed by atoms with Crippen LogP contribution in [0.25, 0.3) is 0 Å². The van der Waals surface area contributed by atoms with Crippen LogP contribution in [0.15, 0.2) is 48.5 Å². The van der Waals surface area contributed by atoms with Gasteiger partial charge in [0.15, 0.2) is 0 Å². The molecule has 1 atom stereocenters. The zero-order valence-corrected chi connectivity index (χ0v) is 16.3. The minimum Gasteiger partial charge on any atom is -0.497 e. The van der Waals surface area contributed by atoms with Crippen molar-refractivity contribution in [2.45, 2.75) is 32.9 Å². The molecule has 27 heavy (non-hydrogen) atoms. The third-order valence-corrected chi connectivity index (χ3v) is 6.06. The van der Waals surface area contributed by atoms with Crippen molar-refractivity contribution in [2.24, 2.45) is 5.41 Å². The Morgan fingerprint density at radius 1 is 1.00 bits per heavy atom. The fourth-order valence-corrected chi connectivity index (χ4v) is 4.54. The molecule has 2 aromatic rings. The van der Waals surface area contributed by atoms with Crippen molar-refractivity contribution in [3.8, 4) is 5.75 Å². The van der Waals surface area contributed by atoms with Crippen LogP contribution in [-0.2, 0) is 17.9 Å². The van der Waals surface area contributed by atoms with Crippen LogP contribution in [0, 0.1) is 12.3 Å². The first-order chi connectivity index (χ1) is 13.1. The maximum absolute atomic E-state index is 13.2. The van der Waals surface area contributed by atoms with Gasteiger partial charge in [0.1, 0.15) is 5.75 Å². The number of carbonyl (C=O) groups excluding carboxylic acids is 1. The van der Waals surface area contributed by atoms with Gasteiger partial charge in [-0.3, -0.25) is 9.69 Å². The predicted octanol–water partition coefficient (Wildman–Crippen LogP) is 3.63.